The van der Waals surface area contributed by atoms with Gasteiger partial charge in [-0.1, -0.05) is 45.2 Å². The minimum atomic E-state index is -0.728. The number of benzene rings is 1. The fourth-order valence-electron chi connectivity index (χ4n) is 3.23. The Bertz CT molecular complexity index is 1100. The molecule has 0 radical (unpaired) electrons. The van der Waals surface area contributed by atoms with Gasteiger partial charge in [0.25, 0.3) is 17.2 Å². The molecule has 172 valence electrons. The van der Waals surface area contributed by atoms with Crippen molar-refractivity contribution in [1.82, 2.24) is 9.55 Å². The zero-order valence-corrected chi connectivity index (χ0v) is 18.4. The number of aromatic nitrogens is 2. The number of nitrogens with two attached hydrogens (primary N) is 1. The second-order valence-corrected chi connectivity index (χ2v) is 7.38. The van der Waals surface area contributed by atoms with Crippen LogP contribution >= 0.6 is 0 Å². The highest BCUT2D eigenvalue weighted by Gasteiger charge is 2.22. The molecule has 1 aromatic heterocycles. The number of carbonyl (C=O) groups excluding carboxylic acids is 1. The van der Waals surface area contributed by atoms with Crippen molar-refractivity contribution in [3.63, 3.8) is 0 Å². The van der Waals surface area contributed by atoms with Gasteiger partial charge >= 0.3 is 5.69 Å². The molecule has 0 saturated carbocycles. The zero-order valence-electron chi connectivity index (χ0n) is 18.4. The highest BCUT2D eigenvalue weighted by molar-refractivity contribution is 6.05. The van der Waals surface area contributed by atoms with Crippen LogP contribution in [-0.4, -0.2) is 26.9 Å². The van der Waals surface area contributed by atoms with Crippen LogP contribution in [0.25, 0.3) is 6.08 Å². The number of H-pyrrole nitrogens is 1. The van der Waals surface area contributed by atoms with Crippen molar-refractivity contribution in [2.45, 2.75) is 52.5 Å². The largest absolute Gasteiger partial charge is 0.383 e. The maximum absolute atomic E-state index is 13.1. The van der Waals surface area contributed by atoms with E-state index in [9.17, 15) is 24.5 Å². The maximum Gasteiger partial charge on any atom is 0.330 e. The van der Waals surface area contributed by atoms with Crippen LogP contribution in [0, 0.1) is 10.1 Å². The van der Waals surface area contributed by atoms with E-state index in [1.54, 1.807) is 6.07 Å². The molecule has 32 heavy (non-hydrogen) atoms. The average molecular weight is 444 g/mol. The SMILES string of the molecule is CCCCCN(C(=O)/C=C/c1cccc([N+](=O)[O-])c1)c1c(N)n(CCCC)c(=O)[nH]c1=O. The number of rotatable bonds is 11. The van der Waals surface area contributed by atoms with E-state index in [1.165, 1.54) is 39.8 Å². The van der Waals surface area contributed by atoms with E-state index in [-0.39, 0.29) is 23.7 Å². The van der Waals surface area contributed by atoms with E-state index in [1.807, 2.05) is 13.8 Å². The molecule has 0 atom stereocenters. The van der Waals surface area contributed by atoms with Crippen molar-refractivity contribution in [3.8, 4) is 0 Å². The number of nitro groups is 1. The van der Waals surface area contributed by atoms with Crippen molar-refractivity contribution in [2.75, 3.05) is 17.2 Å². The van der Waals surface area contributed by atoms with Crippen LogP contribution in [0.2, 0.25) is 0 Å². The number of anilines is 2. The molecule has 1 aromatic carbocycles. The van der Waals surface area contributed by atoms with Gasteiger partial charge in [0.2, 0.25) is 0 Å². The quantitative estimate of drug-likeness (QED) is 0.236. The molecule has 1 amide bonds. The summed E-state index contributed by atoms with van der Waals surface area (Å²) >= 11 is 0. The van der Waals surface area contributed by atoms with Crippen LogP contribution < -0.4 is 21.9 Å². The number of aromatic amines is 1. The number of nitro benzene ring substituents is 1. The minimum absolute atomic E-state index is 0.0548. The highest BCUT2D eigenvalue weighted by Crippen LogP contribution is 2.20. The summed E-state index contributed by atoms with van der Waals surface area (Å²) in [5.41, 5.74) is 5.15. The summed E-state index contributed by atoms with van der Waals surface area (Å²) in [5.74, 6) is -0.564. The molecule has 10 heteroatoms. The van der Waals surface area contributed by atoms with Crippen LogP contribution in [0.5, 0.6) is 0 Å². The van der Waals surface area contributed by atoms with Gasteiger partial charge in [0, 0.05) is 31.3 Å². The molecule has 0 saturated heterocycles. The molecule has 0 aliphatic heterocycles. The molecule has 3 N–H and O–H groups in total. The van der Waals surface area contributed by atoms with Crippen LogP contribution in [0.4, 0.5) is 17.2 Å². The Morgan fingerprint density at radius 1 is 1.22 bits per heavy atom. The van der Waals surface area contributed by atoms with Crippen molar-refractivity contribution in [2.24, 2.45) is 0 Å². The Balaban J connectivity index is 2.44. The van der Waals surface area contributed by atoms with Gasteiger partial charge in [0.05, 0.1) is 4.92 Å². The van der Waals surface area contributed by atoms with E-state index in [4.69, 9.17) is 5.73 Å². The zero-order chi connectivity index (χ0) is 23.7. The Morgan fingerprint density at radius 2 is 1.94 bits per heavy atom. The molecule has 0 bridgehead atoms. The van der Waals surface area contributed by atoms with E-state index < -0.39 is 22.1 Å². The van der Waals surface area contributed by atoms with Crippen molar-refractivity contribution >= 4 is 29.2 Å². The van der Waals surface area contributed by atoms with Gasteiger partial charge in [0.1, 0.15) is 5.82 Å². The second-order valence-electron chi connectivity index (χ2n) is 7.38. The predicted molar refractivity (Wildman–Crippen MR) is 125 cm³/mol. The molecule has 0 aliphatic rings. The van der Waals surface area contributed by atoms with Crippen LogP contribution in [-0.2, 0) is 11.3 Å². The number of nitrogen functional groups attached to an aromatic ring is 1. The first-order valence-electron chi connectivity index (χ1n) is 10.7. The van der Waals surface area contributed by atoms with E-state index in [0.717, 1.165) is 19.3 Å². The van der Waals surface area contributed by atoms with Gasteiger partial charge in [-0.15, -0.1) is 0 Å². The van der Waals surface area contributed by atoms with Gasteiger partial charge < -0.3 is 10.6 Å². The predicted octanol–water partition coefficient (Wildman–Crippen LogP) is 3.06. The normalized spacial score (nSPS) is 11.1. The lowest BCUT2D eigenvalue weighted by Gasteiger charge is -2.23. The van der Waals surface area contributed by atoms with Gasteiger partial charge in [-0.05, 0) is 24.5 Å². The second kappa shape index (κ2) is 11.6. The van der Waals surface area contributed by atoms with Crippen LogP contribution in [0.15, 0.2) is 39.9 Å². The molecule has 2 aromatic rings. The minimum Gasteiger partial charge on any atom is -0.383 e. The summed E-state index contributed by atoms with van der Waals surface area (Å²) in [7, 11) is 0. The lowest BCUT2D eigenvalue weighted by molar-refractivity contribution is -0.384. The van der Waals surface area contributed by atoms with Crippen LogP contribution in [0.3, 0.4) is 0 Å². The Kier molecular flexibility index (Phi) is 8.94. The molecule has 2 rings (SSSR count). The van der Waals surface area contributed by atoms with Gasteiger partial charge in [0.15, 0.2) is 5.69 Å². The lowest BCUT2D eigenvalue weighted by atomic mass is 10.2. The third-order valence-electron chi connectivity index (χ3n) is 4.97. The topological polar surface area (TPSA) is 144 Å². The molecule has 0 fully saturated rings. The Hall–Kier alpha value is -3.69. The fourth-order valence-corrected chi connectivity index (χ4v) is 3.23. The monoisotopic (exact) mass is 443 g/mol. The average Bonchev–Trinajstić information content (AvgIpc) is 2.76. The molecule has 1 heterocycles. The van der Waals surface area contributed by atoms with Crippen LogP contribution in [0.1, 0.15) is 51.5 Å². The van der Waals surface area contributed by atoms with E-state index in [2.05, 4.69) is 4.98 Å². The molecule has 10 nitrogen and oxygen atoms in total. The van der Waals surface area contributed by atoms with E-state index >= 15 is 0 Å². The van der Waals surface area contributed by atoms with Crippen molar-refractivity contribution in [3.05, 3.63) is 66.9 Å². The Morgan fingerprint density at radius 3 is 2.59 bits per heavy atom. The number of amides is 1. The lowest BCUT2D eigenvalue weighted by Crippen LogP contribution is -2.41. The first-order chi connectivity index (χ1) is 15.3. The van der Waals surface area contributed by atoms with Crippen molar-refractivity contribution in [1.29, 1.82) is 0 Å². The standard InChI is InChI=1S/C22H29N5O5/c1-3-5-7-14-25(18(28)12-11-16-9-8-10-17(15-16)27(31)32)19-20(23)26(13-6-4-2)22(30)24-21(19)29/h8-12,15H,3-7,13-14,23H2,1-2H3,(H,24,29,30)/b12-11+. The molecular formula is C22H29N5O5. The summed E-state index contributed by atoms with van der Waals surface area (Å²) in [6, 6.07) is 5.85. The number of nitrogens with one attached hydrogen (secondary N) is 1. The fraction of sp³-hybridized carbons (Fsp3) is 0.409. The summed E-state index contributed by atoms with van der Waals surface area (Å²) in [6.45, 7) is 4.55. The first kappa shape index (κ1) is 24.6. The number of hydrogen-bond donors (Lipinski definition) is 2. The molecule has 0 aliphatic carbocycles. The molecule has 0 spiro atoms. The number of non-ortho nitro benzene ring substituents is 1. The summed E-state index contributed by atoms with van der Waals surface area (Å²) in [4.78, 5) is 51.9. The number of unbranched alkanes of at least 4 members (excludes halogenated alkanes) is 3. The molecule has 0 unspecified atom stereocenters. The third kappa shape index (κ3) is 6.16. The van der Waals surface area contributed by atoms with Gasteiger partial charge in [-0.25, -0.2) is 4.79 Å². The number of nitrogens with zero attached hydrogens (tertiary/aromatic N) is 3. The van der Waals surface area contributed by atoms with Gasteiger partial charge in [-0.2, -0.15) is 0 Å². The third-order valence-corrected chi connectivity index (χ3v) is 4.97. The first-order valence-corrected chi connectivity index (χ1v) is 10.7. The van der Waals surface area contributed by atoms with Gasteiger partial charge in [-0.3, -0.25) is 29.3 Å². The maximum atomic E-state index is 13.1. The van der Waals surface area contributed by atoms with Crippen molar-refractivity contribution < 1.29 is 9.72 Å². The number of hydrogen-bond acceptors (Lipinski definition) is 6. The van der Waals surface area contributed by atoms with E-state index in [0.29, 0.717) is 24.9 Å². The molecular weight excluding hydrogens is 414 g/mol. The highest BCUT2D eigenvalue weighted by atomic mass is 16.6. The Labute approximate surface area is 185 Å². The summed E-state index contributed by atoms with van der Waals surface area (Å²) in [5, 5.41) is 11.0. The summed E-state index contributed by atoms with van der Waals surface area (Å²) in [6.07, 6.45) is 6.58. The number of carbonyl (C=O) groups is 1. The smallest absolute Gasteiger partial charge is 0.330 e. The summed E-state index contributed by atoms with van der Waals surface area (Å²) < 4.78 is 1.27.